The Kier molecular flexibility index (Phi) is 4.15. The number of carbonyl (C=O) groups is 1. The molecule has 1 aliphatic rings. The molecule has 140 valence electrons. The van der Waals surface area contributed by atoms with E-state index in [1.165, 1.54) is 29.1 Å². The molecule has 0 radical (unpaired) electrons. The number of rotatable bonds is 4. The second-order valence-corrected chi connectivity index (χ2v) is 6.74. The van der Waals surface area contributed by atoms with Crippen molar-refractivity contribution in [2.24, 2.45) is 14.1 Å². The predicted molar refractivity (Wildman–Crippen MR) is 99.0 cm³/mol. The van der Waals surface area contributed by atoms with E-state index in [1.54, 1.807) is 11.6 Å². The van der Waals surface area contributed by atoms with E-state index in [0.29, 0.717) is 12.2 Å². The molecule has 0 saturated carbocycles. The number of aryl methyl sites for hydroxylation is 2. The van der Waals surface area contributed by atoms with E-state index in [-0.39, 0.29) is 12.1 Å². The Labute approximate surface area is 154 Å². The quantitative estimate of drug-likeness (QED) is 0.637. The topological polar surface area (TPSA) is 103 Å². The second kappa shape index (κ2) is 6.51. The first-order valence-electron chi connectivity index (χ1n) is 8.64. The maximum absolute atomic E-state index is 12.6. The van der Waals surface area contributed by atoms with Gasteiger partial charge in [-0.1, -0.05) is 18.2 Å². The third-order valence-corrected chi connectivity index (χ3v) is 4.89. The van der Waals surface area contributed by atoms with Gasteiger partial charge in [0, 0.05) is 33.7 Å². The highest BCUT2D eigenvalue weighted by Gasteiger charge is 2.17. The first-order valence-corrected chi connectivity index (χ1v) is 8.64. The normalized spacial score (nSPS) is 13.1. The van der Waals surface area contributed by atoms with Crippen LogP contribution >= 0.6 is 0 Å². The minimum atomic E-state index is -0.565. The number of fused-ring (bicyclic) bond motifs is 2. The summed E-state index contributed by atoms with van der Waals surface area (Å²) in [6.07, 6.45) is 1.47. The van der Waals surface area contributed by atoms with Gasteiger partial charge in [-0.15, -0.1) is 0 Å². The summed E-state index contributed by atoms with van der Waals surface area (Å²) < 4.78 is 3.76. The molecule has 0 spiro atoms. The van der Waals surface area contributed by atoms with Crippen LogP contribution in [0.25, 0.3) is 11.2 Å². The number of imidazole rings is 1. The molecule has 0 aliphatic carbocycles. The molecule has 0 fully saturated rings. The lowest BCUT2D eigenvalue weighted by Crippen LogP contribution is -2.43. The Hall–Kier alpha value is -3.20. The lowest BCUT2D eigenvalue weighted by atomic mass is 10.1. The van der Waals surface area contributed by atoms with Gasteiger partial charge in [-0.2, -0.15) is 0 Å². The van der Waals surface area contributed by atoms with Crippen molar-refractivity contribution in [3.8, 4) is 0 Å². The molecule has 1 amide bonds. The SMILES string of the molecule is Cn1cnc2c1c(=O)n(CC(=O)NCc1ccc3c(c1)CNC3)c(=O)n2C. The summed E-state index contributed by atoms with van der Waals surface area (Å²) in [4.78, 5) is 41.5. The summed E-state index contributed by atoms with van der Waals surface area (Å²) in [5, 5.41) is 6.06. The largest absolute Gasteiger partial charge is 0.350 e. The minimum absolute atomic E-state index is 0.288. The zero-order valence-electron chi connectivity index (χ0n) is 15.2. The first kappa shape index (κ1) is 17.2. The van der Waals surface area contributed by atoms with Gasteiger partial charge in [0.15, 0.2) is 11.2 Å². The lowest BCUT2D eigenvalue weighted by molar-refractivity contribution is -0.121. The lowest BCUT2D eigenvalue weighted by Gasteiger charge is -2.10. The average Bonchev–Trinajstić information content (AvgIpc) is 3.27. The van der Waals surface area contributed by atoms with Crippen molar-refractivity contribution in [3.05, 3.63) is 62.1 Å². The fourth-order valence-corrected chi connectivity index (χ4v) is 3.39. The summed E-state index contributed by atoms with van der Waals surface area (Å²) in [6.45, 7) is 1.70. The number of nitrogens with one attached hydrogen (secondary N) is 2. The van der Waals surface area contributed by atoms with Gasteiger partial charge in [0.2, 0.25) is 5.91 Å². The molecule has 1 aliphatic heterocycles. The van der Waals surface area contributed by atoms with Gasteiger partial charge in [-0.3, -0.25) is 14.2 Å². The molecule has 0 saturated heterocycles. The molecule has 3 aromatic rings. The number of benzene rings is 1. The van der Waals surface area contributed by atoms with Crippen LogP contribution in [0.1, 0.15) is 16.7 Å². The minimum Gasteiger partial charge on any atom is -0.350 e. The number of hydrogen-bond acceptors (Lipinski definition) is 5. The highest BCUT2D eigenvalue weighted by Crippen LogP contribution is 2.16. The molecule has 27 heavy (non-hydrogen) atoms. The Bertz CT molecular complexity index is 1170. The van der Waals surface area contributed by atoms with Crippen molar-refractivity contribution in [3.63, 3.8) is 0 Å². The van der Waals surface area contributed by atoms with Crippen LogP contribution in [0.3, 0.4) is 0 Å². The van der Waals surface area contributed by atoms with Crippen LogP contribution in [-0.2, 0) is 45.1 Å². The molecule has 0 atom stereocenters. The molecular formula is C18H20N6O3. The van der Waals surface area contributed by atoms with Crippen LogP contribution in [0, 0.1) is 0 Å². The predicted octanol–water partition coefficient (Wildman–Crippen LogP) is -0.647. The van der Waals surface area contributed by atoms with Gasteiger partial charge in [0.25, 0.3) is 5.56 Å². The summed E-state index contributed by atoms with van der Waals surface area (Å²) in [7, 11) is 3.21. The standard InChI is InChI=1S/C18H20N6O3/c1-22-10-21-16-15(22)17(26)24(18(27)23(16)2)9-14(25)20-6-11-3-4-12-7-19-8-13(12)5-11/h3-5,10,19H,6-9H2,1-2H3,(H,20,25). The molecule has 9 heteroatoms. The fraction of sp³-hybridized carbons (Fsp3) is 0.333. The van der Waals surface area contributed by atoms with Gasteiger partial charge >= 0.3 is 5.69 Å². The second-order valence-electron chi connectivity index (χ2n) is 6.74. The smallest absolute Gasteiger partial charge is 0.332 e. The van der Waals surface area contributed by atoms with Crippen LogP contribution < -0.4 is 21.9 Å². The van der Waals surface area contributed by atoms with Gasteiger partial charge in [0.05, 0.1) is 6.33 Å². The maximum Gasteiger partial charge on any atom is 0.332 e. The van der Waals surface area contributed by atoms with E-state index >= 15 is 0 Å². The monoisotopic (exact) mass is 368 g/mol. The van der Waals surface area contributed by atoms with E-state index in [2.05, 4.69) is 21.7 Å². The summed E-state index contributed by atoms with van der Waals surface area (Å²) in [5.41, 5.74) is 2.98. The number of nitrogens with zero attached hydrogens (tertiary/aromatic N) is 4. The van der Waals surface area contributed by atoms with Gasteiger partial charge < -0.3 is 15.2 Å². The summed E-state index contributed by atoms with van der Waals surface area (Å²) >= 11 is 0. The van der Waals surface area contributed by atoms with Crippen LogP contribution in [0.5, 0.6) is 0 Å². The third-order valence-electron chi connectivity index (χ3n) is 4.89. The van der Waals surface area contributed by atoms with E-state index in [9.17, 15) is 14.4 Å². The molecule has 2 aromatic heterocycles. The van der Waals surface area contributed by atoms with Crippen LogP contribution in [0.4, 0.5) is 0 Å². The molecule has 0 unspecified atom stereocenters. The van der Waals surface area contributed by atoms with Crippen LogP contribution in [-0.4, -0.2) is 24.6 Å². The number of amides is 1. The highest BCUT2D eigenvalue weighted by molar-refractivity contribution is 5.76. The molecule has 2 N–H and O–H groups in total. The number of carbonyl (C=O) groups excluding carboxylic acids is 1. The van der Waals surface area contributed by atoms with E-state index < -0.39 is 17.2 Å². The summed E-state index contributed by atoms with van der Waals surface area (Å²) in [5.74, 6) is -0.394. The third kappa shape index (κ3) is 2.95. The highest BCUT2D eigenvalue weighted by atomic mass is 16.2. The molecule has 9 nitrogen and oxygen atoms in total. The Morgan fingerprint density at radius 1 is 1.22 bits per heavy atom. The van der Waals surface area contributed by atoms with Gasteiger partial charge in [-0.05, 0) is 16.7 Å². The Balaban J connectivity index is 1.54. The van der Waals surface area contributed by atoms with Crippen molar-refractivity contribution >= 4 is 17.1 Å². The van der Waals surface area contributed by atoms with E-state index in [4.69, 9.17) is 0 Å². The van der Waals surface area contributed by atoms with E-state index in [0.717, 1.165) is 23.2 Å². The van der Waals surface area contributed by atoms with Crippen LogP contribution in [0.2, 0.25) is 0 Å². The van der Waals surface area contributed by atoms with E-state index in [1.807, 2.05) is 12.1 Å². The Morgan fingerprint density at radius 2 is 2.00 bits per heavy atom. The molecule has 0 bridgehead atoms. The number of hydrogen-bond donors (Lipinski definition) is 2. The van der Waals surface area contributed by atoms with Crippen molar-refractivity contribution in [2.45, 2.75) is 26.2 Å². The average molecular weight is 368 g/mol. The maximum atomic E-state index is 12.6. The van der Waals surface area contributed by atoms with Gasteiger partial charge in [-0.25, -0.2) is 14.3 Å². The van der Waals surface area contributed by atoms with Crippen LogP contribution in [0.15, 0.2) is 34.1 Å². The Morgan fingerprint density at radius 3 is 2.81 bits per heavy atom. The molecule has 3 heterocycles. The van der Waals surface area contributed by atoms with Crippen molar-refractivity contribution < 1.29 is 4.79 Å². The molecule has 1 aromatic carbocycles. The van der Waals surface area contributed by atoms with Gasteiger partial charge in [0.1, 0.15) is 6.54 Å². The zero-order valence-corrected chi connectivity index (χ0v) is 15.2. The fourth-order valence-electron chi connectivity index (χ4n) is 3.39. The molecular weight excluding hydrogens is 348 g/mol. The van der Waals surface area contributed by atoms with Crippen molar-refractivity contribution in [1.29, 1.82) is 0 Å². The first-order chi connectivity index (χ1) is 13.0. The number of aromatic nitrogens is 4. The summed E-state index contributed by atoms with van der Waals surface area (Å²) in [6, 6.07) is 6.08. The van der Waals surface area contributed by atoms with Crippen molar-refractivity contribution in [2.75, 3.05) is 0 Å². The molecule has 4 rings (SSSR count). The zero-order chi connectivity index (χ0) is 19.1. The van der Waals surface area contributed by atoms with Crippen molar-refractivity contribution in [1.82, 2.24) is 29.3 Å².